The van der Waals surface area contributed by atoms with Crippen LogP contribution in [0.2, 0.25) is 0 Å². The van der Waals surface area contributed by atoms with E-state index in [1.165, 1.54) is 0 Å². The number of unbranched alkanes of at least 4 members (excludes halogenated alkanes) is 4. The van der Waals surface area contributed by atoms with Crippen molar-refractivity contribution in [2.45, 2.75) is 57.7 Å². The summed E-state index contributed by atoms with van der Waals surface area (Å²) in [6.07, 6.45) is 6.47. The Bertz CT molecular complexity index is 302. The molecule has 17 heavy (non-hydrogen) atoms. The standard InChI is InChI=1S/C14H21NO2/c1-14(16-12-13-17-14)10-8-6-4-2-3-5-7-9-11-15/h2-3,5,7-10,12-13H2,1H3. The average molecular weight is 235 g/mol. The molecule has 3 nitrogen and oxygen atoms in total. The third-order valence-corrected chi connectivity index (χ3v) is 2.82. The van der Waals surface area contributed by atoms with Crippen LogP contribution in [0.3, 0.4) is 0 Å². The van der Waals surface area contributed by atoms with Crippen LogP contribution in [-0.4, -0.2) is 19.0 Å². The number of nitriles is 1. The summed E-state index contributed by atoms with van der Waals surface area (Å²) >= 11 is 0. The Morgan fingerprint density at radius 2 is 1.65 bits per heavy atom. The first-order valence-electron chi connectivity index (χ1n) is 6.37. The van der Waals surface area contributed by atoms with Crippen molar-refractivity contribution in [1.29, 1.82) is 5.26 Å². The van der Waals surface area contributed by atoms with Gasteiger partial charge in [-0.05, 0) is 19.8 Å². The van der Waals surface area contributed by atoms with Crippen LogP contribution in [0.4, 0.5) is 0 Å². The van der Waals surface area contributed by atoms with Crippen molar-refractivity contribution in [1.82, 2.24) is 0 Å². The van der Waals surface area contributed by atoms with Gasteiger partial charge >= 0.3 is 0 Å². The second-order valence-corrected chi connectivity index (χ2v) is 4.40. The third-order valence-electron chi connectivity index (χ3n) is 2.82. The maximum absolute atomic E-state index is 8.37. The third kappa shape index (κ3) is 6.31. The minimum absolute atomic E-state index is 0.401. The van der Waals surface area contributed by atoms with Crippen molar-refractivity contribution in [3.05, 3.63) is 0 Å². The van der Waals surface area contributed by atoms with Gasteiger partial charge in [0, 0.05) is 25.7 Å². The van der Waals surface area contributed by atoms with Crippen molar-refractivity contribution < 1.29 is 9.47 Å². The van der Waals surface area contributed by atoms with Crippen LogP contribution >= 0.6 is 0 Å². The van der Waals surface area contributed by atoms with Gasteiger partial charge < -0.3 is 9.47 Å². The van der Waals surface area contributed by atoms with E-state index in [0.717, 1.165) is 38.5 Å². The number of ether oxygens (including phenoxy) is 2. The van der Waals surface area contributed by atoms with Crippen LogP contribution in [0.5, 0.6) is 0 Å². The Morgan fingerprint density at radius 1 is 1.00 bits per heavy atom. The van der Waals surface area contributed by atoms with E-state index < -0.39 is 5.79 Å². The highest BCUT2D eigenvalue weighted by Gasteiger charge is 2.29. The Hall–Kier alpha value is -1.03. The summed E-state index contributed by atoms with van der Waals surface area (Å²) in [5.41, 5.74) is 0. The highest BCUT2D eigenvalue weighted by Crippen LogP contribution is 2.23. The van der Waals surface area contributed by atoms with E-state index in [-0.39, 0.29) is 0 Å². The van der Waals surface area contributed by atoms with E-state index in [9.17, 15) is 0 Å². The molecule has 0 unspecified atom stereocenters. The lowest BCUT2D eigenvalue weighted by atomic mass is 10.1. The van der Waals surface area contributed by atoms with Gasteiger partial charge in [-0.25, -0.2) is 0 Å². The van der Waals surface area contributed by atoms with Gasteiger partial charge in [0.1, 0.15) is 0 Å². The van der Waals surface area contributed by atoms with E-state index in [4.69, 9.17) is 14.7 Å². The van der Waals surface area contributed by atoms with E-state index in [2.05, 4.69) is 17.9 Å². The fraction of sp³-hybridized carbons (Fsp3) is 0.786. The second-order valence-electron chi connectivity index (χ2n) is 4.40. The van der Waals surface area contributed by atoms with Crippen molar-refractivity contribution in [3.63, 3.8) is 0 Å². The Balaban J connectivity index is 1.97. The molecule has 0 aromatic carbocycles. The maximum atomic E-state index is 8.37. The first-order chi connectivity index (χ1) is 8.27. The largest absolute Gasteiger partial charge is 0.348 e. The molecule has 3 heteroatoms. The molecule has 1 heterocycles. The topological polar surface area (TPSA) is 42.2 Å². The Labute approximate surface area is 104 Å². The quantitative estimate of drug-likeness (QED) is 0.525. The van der Waals surface area contributed by atoms with Gasteiger partial charge in [0.05, 0.1) is 19.3 Å². The molecule has 0 saturated carbocycles. The Kier molecular flexibility index (Phi) is 6.70. The minimum Gasteiger partial charge on any atom is -0.348 e. The molecule has 1 aliphatic rings. The minimum atomic E-state index is -0.401. The van der Waals surface area contributed by atoms with Crippen molar-refractivity contribution in [2.24, 2.45) is 0 Å². The fourth-order valence-electron chi connectivity index (χ4n) is 1.76. The van der Waals surface area contributed by atoms with E-state index in [1.807, 2.05) is 6.92 Å². The second kappa shape index (κ2) is 8.12. The van der Waals surface area contributed by atoms with Crippen LogP contribution in [-0.2, 0) is 9.47 Å². The summed E-state index contributed by atoms with van der Waals surface area (Å²) in [4.78, 5) is 0. The van der Waals surface area contributed by atoms with E-state index in [1.54, 1.807) is 0 Å². The molecule has 0 aromatic rings. The molecular weight excluding hydrogens is 214 g/mol. The first-order valence-corrected chi connectivity index (χ1v) is 6.37. The van der Waals surface area contributed by atoms with Gasteiger partial charge in [0.25, 0.3) is 0 Å². The van der Waals surface area contributed by atoms with Crippen molar-refractivity contribution in [2.75, 3.05) is 13.2 Å². The van der Waals surface area contributed by atoms with Gasteiger partial charge in [-0.3, -0.25) is 0 Å². The zero-order chi connectivity index (χ0) is 12.4. The molecule has 0 atom stereocenters. The Morgan fingerprint density at radius 3 is 2.35 bits per heavy atom. The van der Waals surface area contributed by atoms with Gasteiger partial charge in [0.2, 0.25) is 0 Å². The molecule has 1 rings (SSSR count). The summed E-state index contributed by atoms with van der Waals surface area (Å²) in [7, 11) is 0. The highest BCUT2D eigenvalue weighted by atomic mass is 16.7. The summed E-state index contributed by atoms with van der Waals surface area (Å²) in [5.74, 6) is 5.91. The number of rotatable bonds is 6. The van der Waals surface area contributed by atoms with Crippen LogP contribution in [0.15, 0.2) is 0 Å². The average Bonchev–Trinajstić information content (AvgIpc) is 2.74. The SMILES string of the molecule is CC1(CCC#CCCCCCC#N)OCCO1. The highest BCUT2D eigenvalue weighted by molar-refractivity contribution is 4.99. The molecule has 1 aliphatic heterocycles. The lowest BCUT2D eigenvalue weighted by molar-refractivity contribution is -0.145. The molecule has 0 aromatic heterocycles. The van der Waals surface area contributed by atoms with Crippen LogP contribution < -0.4 is 0 Å². The molecule has 1 fully saturated rings. The molecule has 0 bridgehead atoms. The van der Waals surface area contributed by atoms with Gasteiger partial charge in [-0.2, -0.15) is 5.26 Å². The van der Waals surface area contributed by atoms with Gasteiger partial charge in [-0.1, -0.05) is 6.42 Å². The normalized spacial score (nSPS) is 17.2. The van der Waals surface area contributed by atoms with Gasteiger partial charge in [0.15, 0.2) is 5.79 Å². The molecule has 0 spiro atoms. The van der Waals surface area contributed by atoms with Gasteiger partial charge in [-0.15, -0.1) is 11.8 Å². The van der Waals surface area contributed by atoms with Crippen molar-refractivity contribution >= 4 is 0 Å². The lowest BCUT2D eigenvalue weighted by Crippen LogP contribution is -2.24. The molecule has 0 amide bonds. The van der Waals surface area contributed by atoms with E-state index in [0.29, 0.717) is 19.6 Å². The predicted molar refractivity (Wildman–Crippen MR) is 66.0 cm³/mol. The van der Waals surface area contributed by atoms with Crippen LogP contribution in [0.1, 0.15) is 51.9 Å². The number of nitrogens with zero attached hydrogens (tertiary/aromatic N) is 1. The zero-order valence-corrected chi connectivity index (χ0v) is 10.6. The first kappa shape index (κ1) is 14.0. The molecule has 0 aliphatic carbocycles. The van der Waals surface area contributed by atoms with Crippen LogP contribution in [0, 0.1) is 23.2 Å². The van der Waals surface area contributed by atoms with E-state index >= 15 is 0 Å². The zero-order valence-electron chi connectivity index (χ0n) is 10.6. The lowest BCUT2D eigenvalue weighted by Gasteiger charge is -2.20. The molecule has 0 radical (unpaired) electrons. The number of hydrogen-bond acceptors (Lipinski definition) is 3. The molecule has 1 saturated heterocycles. The van der Waals surface area contributed by atoms with Crippen molar-refractivity contribution in [3.8, 4) is 17.9 Å². The fourth-order valence-corrected chi connectivity index (χ4v) is 1.76. The summed E-state index contributed by atoms with van der Waals surface area (Å²) in [6.45, 7) is 3.37. The molecular formula is C14H21NO2. The number of hydrogen-bond donors (Lipinski definition) is 0. The molecule has 0 N–H and O–H groups in total. The predicted octanol–water partition coefficient (Wildman–Crippen LogP) is 3.01. The monoisotopic (exact) mass is 235 g/mol. The maximum Gasteiger partial charge on any atom is 0.166 e. The summed E-state index contributed by atoms with van der Waals surface area (Å²) in [6, 6.07) is 2.15. The van der Waals surface area contributed by atoms with Crippen LogP contribution in [0.25, 0.3) is 0 Å². The smallest absolute Gasteiger partial charge is 0.166 e. The summed E-state index contributed by atoms with van der Waals surface area (Å²) in [5, 5.41) is 8.37. The summed E-state index contributed by atoms with van der Waals surface area (Å²) < 4.78 is 11.0. The molecule has 94 valence electrons.